The van der Waals surface area contributed by atoms with Gasteiger partial charge in [0.05, 0.1) is 16.3 Å². The first-order chi connectivity index (χ1) is 13.7. The van der Waals surface area contributed by atoms with E-state index in [1.54, 1.807) is 16.4 Å². The van der Waals surface area contributed by atoms with Crippen LogP contribution in [-0.4, -0.2) is 50.5 Å². The van der Waals surface area contributed by atoms with Crippen LogP contribution < -0.4 is 15.5 Å². The second kappa shape index (κ2) is 8.92. The molecule has 2 heterocycles. The van der Waals surface area contributed by atoms with E-state index in [0.717, 1.165) is 50.9 Å². The van der Waals surface area contributed by atoms with Gasteiger partial charge in [0, 0.05) is 31.7 Å². The standard InChI is InChI=1S/C21H34N4O3S/c1-21(2,3)23-20(26)22-18-16-17(29(27,28)25-14-8-5-9-15-25)10-11-19(18)24-12-6-4-7-13-24/h10-11,16H,4-9,12-15H2,1-3H3,(H2,22,23,26). The smallest absolute Gasteiger partial charge is 0.319 e. The van der Waals surface area contributed by atoms with Gasteiger partial charge in [-0.05, 0) is 71.1 Å². The Hall–Kier alpha value is -1.80. The maximum Gasteiger partial charge on any atom is 0.319 e. The first kappa shape index (κ1) is 21.9. The molecule has 0 radical (unpaired) electrons. The highest BCUT2D eigenvalue weighted by Crippen LogP contribution is 2.32. The highest BCUT2D eigenvalue weighted by molar-refractivity contribution is 7.89. The van der Waals surface area contributed by atoms with Gasteiger partial charge in [-0.3, -0.25) is 0 Å². The third-order valence-electron chi connectivity index (χ3n) is 5.35. The Morgan fingerprint density at radius 2 is 1.52 bits per heavy atom. The van der Waals surface area contributed by atoms with E-state index >= 15 is 0 Å². The second-order valence-electron chi connectivity index (χ2n) is 9.02. The number of nitrogens with one attached hydrogen (secondary N) is 2. The molecule has 2 fully saturated rings. The van der Waals surface area contributed by atoms with Crippen molar-refractivity contribution >= 4 is 27.4 Å². The van der Waals surface area contributed by atoms with Crippen LogP contribution in [0.2, 0.25) is 0 Å². The molecule has 1 aromatic carbocycles. The number of hydrogen-bond donors (Lipinski definition) is 2. The minimum Gasteiger partial charge on any atom is -0.370 e. The maximum absolute atomic E-state index is 13.1. The van der Waals surface area contributed by atoms with E-state index in [0.29, 0.717) is 18.8 Å². The predicted octanol–water partition coefficient (Wildman–Crippen LogP) is 3.77. The Balaban J connectivity index is 1.92. The summed E-state index contributed by atoms with van der Waals surface area (Å²) in [5, 5.41) is 5.80. The Kier molecular flexibility index (Phi) is 6.73. The molecule has 2 aliphatic heterocycles. The van der Waals surface area contributed by atoms with Gasteiger partial charge in [-0.2, -0.15) is 4.31 Å². The predicted molar refractivity (Wildman–Crippen MR) is 117 cm³/mol. The first-order valence-electron chi connectivity index (χ1n) is 10.7. The Bertz CT molecular complexity index is 821. The van der Waals surface area contributed by atoms with Crippen molar-refractivity contribution in [1.82, 2.24) is 9.62 Å². The van der Waals surface area contributed by atoms with E-state index in [4.69, 9.17) is 0 Å². The molecule has 2 saturated heterocycles. The topological polar surface area (TPSA) is 81.8 Å². The summed E-state index contributed by atoms with van der Waals surface area (Å²) in [5.41, 5.74) is 1.05. The summed E-state index contributed by atoms with van der Waals surface area (Å²) in [6.07, 6.45) is 6.25. The third kappa shape index (κ3) is 5.63. The summed E-state index contributed by atoms with van der Waals surface area (Å²) in [5.74, 6) is 0. The molecule has 0 atom stereocenters. The van der Waals surface area contributed by atoms with Crippen molar-refractivity contribution < 1.29 is 13.2 Å². The van der Waals surface area contributed by atoms with Crippen molar-refractivity contribution in [3.8, 4) is 0 Å². The summed E-state index contributed by atoms with van der Waals surface area (Å²) in [6, 6.07) is 4.81. The van der Waals surface area contributed by atoms with Crippen LogP contribution in [0.15, 0.2) is 23.1 Å². The number of urea groups is 1. The zero-order valence-corrected chi connectivity index (χ0v) is 18.6. The number of carbonyl (C=O) groups excluding carboxylic acids is 1. The number of rotatable bonds is 4. The number of benzene rings is 1. The second-order valence-corrected chi connectivity index (χ2v) is 11.0. The maximum atomic E-state index is 13.1. The van der Waals surface area contributed by atoms with E-state index in [-0.39, 0.29) is 16.5 Å². The van der Waals surface area contributed by atoms with Gasteiger partial charge < -0.3 is 15.5 Å². The van der Waals surface area contributed by atoms with Gasteiger partial charge in [-0.25, -0.2) is 13.2 Å². The van der Waals surface area contributed by atoms with Crippen LogP contribution in [0.25, 0.3) is 0 Å². The van der Waals surface area contributed by atoms with Crippen LogP contribution in [0.5, 0.6) is 0 Å². The fraction of sp³-hybridized carbons (Fsp3) is 0.667. The Morgan fingerprint density at radius 1 is 0.931 bits per heavy atom. The number of sulfonamides is 1. The zero-order valence-electron chi connectivity index (χ0n) is 17.8. The molecule has 2 amide bonds. The molecule has 2 N–H and O–H groups in total. The normalized spacial score (nSPS) is 19.1. The van der Waals surface area contributed by atoms with Crippen LogP contribution in [0.1, 0.15) is 59.3 Å². The summed E-state index contributed by atoms with van der Waals surface area (Å²) in [7, 11) is -3.56. The van der Waals surface area contributed by atoms with Crippen molar-refractivity contribution in [3.05, 3.63) is 18.2 Å². The average molecular weight is 423 g/mol. The van der Waals surface area contributed by atoms with Gasteiger partial charge in [0.1, 0.15) is 0 Å². The van der Waals surface area contributed by atoms with Gasteiger partial charge in [0.15, 0.2) is 0 Å². The number of anilines is 2. The lowest BCUT2D eigenvalue weighted by atomic mass is 10.1. The fourth-order valence-electron chi connectivity index (χ4n) is 3.93. The minimum atomic E-state index is -3.56. The number of piperidine rings is 2. The van der Waals surface area contributed by atoms with Gasteiger partial charge in [-0.15, -0.1) is 0 Å². The number of carbonyl (C=O) groups is 1. The lowest BCUT2D eigenvalue weighted by Crippen LogP contribution is -2.43. The van der Waals surface area contributed by atoms with Gasteiger partial charge >= 0.3 is 6.03 Å². The van der Waals surface area contributed by atoms with Crippen LogP contribution in [0.3, 0.4) is 0 Å². The van der Waals surface area contributed by atoms with Crippen LogP contribution >= 0.6 is 0 Å². The van der Waals surface area contributed by atoms with Gasteiger partial charge in [0.25, 0.3) is 0 Å². The number of amides is 2. The highest BCUT2D eigenvalue weighted by Gasteiger charge is 2.28. The molecular weight excluding hydrogens is 388 g/mol. The number of hydrogen-bond acceptors (Lipinski definition) is 4. The molecule has 0 aromatic heterocycles. The van der Waals surface area contributed by atoms with Crippen molar-refractivity contribution in [2.24, 2.45) is 0 Å². The number of nitrogens with zero attached hydrogens (tertiary/aromatic N) is 2. The fourth-order valence-corrected chi connectivity index (χ4v) is 5.48. The molecule has 0 unspecified atom stereocenters. The van der Waals surface area contributed by atoms with Crippen LogP contribution in [0.4, 0.5) is 16.2 Å². The molecule has 0 aliphatic carbocycles. The largest absolute Gasteiger partial charge is 0.370 e. The van der Waals surface area contributed by atoms with Crippen molar-refractivity contribution in [1.29, 1.82) is 0 Å². The monoisotopic (exact) mass is 422 g/mol. The summed E-state index contributed by atoms with van der Waals surface area (Å²) in [4.78, 5) is 15.0. The van der Waals surface area contributed by atoms with Gasteiger partial charge in [-0.1, -0.05) is 6.42 Å². The van der Waals surface area contributed by atoms with E-state index in [2.05, 4.69) is 15.5 Å². The zero-order chi connectivity index (χ0) is 21.1. The van der Waals surface area contributed by atoms with Crippen LogP contribution in [-0.2, 0) is 10.0 Å². The Labute approximate surface area is 174 Å². The molecule has 0 saturated carbocycles. The van der Waals surface area contributed by atoms with E-state index in [1.807, 2.05) is 26.8 Å². The van der Waals surface area contributed by atoms with Gasteiger partial charge in [0.2, 0.25) is 10.0 Å². The highest BCUT2D eigenvalue weighted by atomic mass is 32.2. The first-order valence-corrected chi connectivity index (χ1v) is 12.1. The molecule has 0 bridgehead atoms. The molecule has 1 aromatic rings. The van der Waals surface area contributed by atoms with E-state index in [9.17, 15) is 13.2 Å². The average Bonchev–Trinajstić information content (AvgIpc) is 2.68. The molecule has 29 heavy (non-hydrogen) atoms. The molecule has 8 heteroatoms. The lowest BCUT2D eigenvalue weighted by molar-refractivity contribution is 0.244. The SMILES string of the molecule is CC(C)(C)NC(=O)Nc1cc(S(=O)(=O)N2CCCCC2)ccc1N1CCCCC1. The van der Waals surface area contributed by atoms with Crippen molar-refractivity contribution in [2.75, 3.05) is 36.4 Å². The van der Waals surface area contributed by atoms with E-state index < -0.39 is 10.0 Å². The lowest BCUT2D eigenvalue weighted by Gasteiger charge is -2.32. The summed E-state index contributed by atoms with van der Waals surface area (Å²) in [6.45, 7) is 8.68. The van der Waals surface area contributed by atoms with E-state index in [1.165, 1.54) is 6.42 Å². The molecule has 3 rings (SSSR count). The Morgan fingerprint density at radius 3 is 2.10 bits per heavy atom. The van der Waals surface area contributed by atoms with Crippen molar-refractivity contribution in [3.63, 3.8) is 0 Å². The molecule has 2 aliphatic rings. The van der Waals surface area contributed by atoms with Crippen LogP contribution in [0, 0.1) is 0 Å². The summed E-state index contributed by atoms with van der Waals surface area (Å²) >= 11 is 0. The molecular formula is C21H34N4O3S. The summed E-state index contributed by atoms with van der Waals surface area (Å²) < 4.78 is 27.8. The third-order valence-corrected chi connectivity index (χ3v) is 7.25. The van der Waals surface area contributed by atoms with Crippen molar-refractivity contribution in [2.45, 2.75) is 69.7 Å². The quantitative estimate of drug-likeness (QED) is 0.774. The molecule has 7 nitrogen and oxygen atoms in total. The molecule has 162 valence electrons. The minimum absolute atomic E-state index is 0.242. The molecule has 0 spiro atoms.